The molecule has 1 aliphatic heterocycles. The molecule has 0 spiro atoms. The molecule has 0 radical (unpaired) electrons. The second-order valence-electron chi connectivity index (χ2n) is 8.49. The number of halogens is 3. The van der Waals surface area contributed by atoms with Crippen LogP contribution < -0.4 is 10.1 Å². The first-order valence-electron chi connectivity index (χ1n) is 11.8. The van der Waals surface area contributed by atoms with Gasteiger partial charge in [0.1, 0.15) is 17.4 Å². The predicted octanol–water partition coefficient (Wildman–Crippen LogP) is 6.03. The third-order valence-electron chi connectivity index (χ3n) is 6.02. The minimum atomic E-state index is -0.583. The van der Waals surface area contributed by atoms with E-state index in [2.05, 4.69) is 29.6 Å². The van der Waals surface area contributed by atoms with E-state index in [0.717, 1.165) is 31.2 Å². The molecule has 0 amide bonds. The van der Waals surface area contributed by atoms with Gasteiger partial charge in [0.2, 0.25) is 0 Å². The van der Waals surface area contributed by atoms with Crippen LogP contribution in [-0.4, -0.2) is 32.4 Å². The van der Waals surface area contributed by atoms with Crippen molar-refractivity contribution >= 4 is 12.4 Å². The van der Waals surface area contributed by atoms with E-state index in [-0.39, 0.29) is 31.0 Å². The van der Waals surface area contributed by atoms with Crippen molar-refractivity contribution in [2.75, 3.05) is 26.3 Å². The monoisotopic (exact) mass is 503 g/mol. The highest BCUT2D eigenvalue weighted by Gasteiger charge is 2.27. The van der Waals surface area contributed by atoms with Gasteiger partial charge in [-0.05, 0) is 42.3 Å². The Morgan fingerprint density at radius 3 is 2.46 bits per heavy atom. The van der Waals surface area contributed by atoms with Gasteiger partial charge in [-0.3, -0.25) is 0 Å². The first-order valence-corrected chi connectivity index (χ1v) is 11.8. The van der Waals surface area contributed by atoms with Gasteiger partial charge >= 0.3 is 0 Å². The zero-order chi connectivity index (χ0) is 23.6. The van der Waals surface area contributed by atoms with Gasteiger partial charge in [0.15, 0.2) is 0 Å². The SMILES string of the molecule is Cl.Fc1ccc(COC2CNCCC2c2ccc(OCCCOCc3ccccc3)cc2)c(F)c1. The van der Waals surface area contributed by atoms with E-state index >= 15 is 0 Å². The van der Waals surface area contributed by atoms with Crippen LogP contribution in [0.25, 0.3) is 0 Å². The fourth-order valence-corrected chi connectivity index (χ4v) is 4.15. The molecule has 3 aromatic rings. The fraction of sp³-hybridized carbons (Fsp3) is 0.357. The van der Waals surface area contributed by atoms with Crippen LogP contribution in [0.4, 0.5) is 8.78 Å². The van der Waals surface area contributed by atoms with E-state index in [9.17, 15) is 8.78 Å². The summed E-state index contributed by atoms with van der Waals surface area (Å²) >= 11 is 0. The highest BCUT2D eigenvalue weighted by Crippen LogP contribution is 2.30. The maximum absolute atomic E-state index is 14.0. The summed E-state index contributed by atoms with van der Waals surface area (Å²) in [5.41, 5.74) is 2.70. The average Bonchev–Trinajstić information content (AvgIpc) is 2.87. The minimum Gasteiger partial charge on any atom is -0.494 e. The van der Waals surface area contributed by atoms with Crippen molar-refractivity contribution in [3.63, 3.8) is 0 Å². The van der Waals surface area contributed by atoms with Crippen LogP contribution in [0.5, 0.6) is 5.75 Å². The van der Waals surface area contributed by atoms with Gasteiger partial charge in [-0.15, -0.1) is 12.4 Å². The Morgan fingerprint density at radius 1 is 0.886 bits per heavy atom. The van der Waals surface area contributed by atoms with Gasteiger partial charge in [-0.1, -0.05) is 48.5 Å². The summed E-state index contributed by atoms with van der Waals surface area (Å²) in [5, 5.41) is 3.35. The summed E-state index contributed by atoms with van der Waals surface area (Å²) in [5.74, 6) is -0.135. The third kappa shape index (κ3) is 8.29. The molecule has 1 N–H and O–H groups in total. The molecule has 1 fully saturated rings. The van der Waals surface area contributed by atoms with Gasteiger partial charge in [0, 0.05) is 30.5 Å². The third-order valence-corrected chi connectivity index (χ3v) is 6.02. The van der Waals surface area contributed by atoms with Crippen molar-refractivity contribution < 1.29 is 23.0 Å². The average molecular weight is 504 g/mol. The van der Waals surface area contributed by atoms with Gasteiger partial charge in [0.25, 0.3) is 0 Å². The number of hydrogen-bond acceptors (Lipinski definition) is 4. The van der Waals surface area contributed by atoms with Crippen LogP contribution in [-0.2, 0) is 22.7 Å². The van der Waals surface area contributed by atoms with Crippen LogP contribution in [0.1, 0.15) is 35.4 Å². The molecule has 1 aliphatic rings. The lowest BCUT2D eigenvalue weighted by molar-refractivity contribution is 0.00935. The molecule has 2 atom stereocenters. The molecule has 3 aromatic carbocycles. The van der Waals surface area contributed by atoms with E-state index in [1.807, 2.05) is 30.3 Å². The van der Waals surface area contributed by atoms with Crippen molar-refractivity contribution in [3.8, 4) is 5.75 Å². The molecule has 4 nitrogen and oxygen atoms in total. The zero-order valence-electron chi connectivity index (χ0n) is 19.6. The van der Waals surface area contributed by atoms with Crippen molar-refractivity contribution in [1.29, 1.82) is 0 Å². The summed E-state index contributed by atoms with van der Waals surface area (Å²) in [7, 11) is 0. The molecule has 0 aliphatic carbocycles. The van der Waals surface area contributed by atoms with Crippen LogP contribution in [0.15, 0.2) is 72.8 Å². The first kappa shape index (κ1) is 27.1. The minimum absolute atomic E-state index is 0. The highest BCUT2D eigenvalue weighted by molar-refractivity contribution is 5.85. The number of hydrogen-bond donors (Lipinski definition) is 1. The Hall–Kier alpha value is -2.51. The number of piperidine rings is 1. The smallest absolute Gasteiger partial charge is 0.131 e. The zero-order valence-corrected chi connectivity index (χ0v) is 20.4. The molecule has 0 saturated carbocycles. The molecule has 4 rings (SSSR count). The summed E-state index contributed by atoms with van der Waals surface area (Å²) in [4.78, 5) is 0. The second kappa shape index (κ2) is 14.1. The van der Waals surface area contributed by atoms with E-state index in [1.165, 1.54) is 23.3 Å². The van der Waals surface area contributed by atoms with Crippen LogP contribution >= 0.6 is 12.4 Å². The number of ether oxygens (including phenoxy) is 3. The molecule has 1 saturated heterocycles. The largest absolute Gasteiger partial charge is 0.494 e. The molecule has 188 valence electrons. The van der Waals surface area contributed by atoms with E-state index in [0.29, 0.717) is 31.9 Å². The molecule has 1 heterocycles. The topological polar surface area (TPSA) is 39.7 Å². The summed E-state index contributed by atoms with van der Waals surface area (Å²) < 4.78 is 44.7. The molecule has 7 heteroatoms. The van der Waals surface area contributed by atoms with Crippen LogP contribution in [0, 0.1) is 11.6 Å². The number of rotatable bonds is 11. The Morgan fingerprint density at radius 2 is 1.69 bits per heavy atom. The Labute approximate surface area is 212 Å². The maximum atomic E-state index is 14.0. The Balaban J connectivity index is 0.00000342. The van der Waals surface area contributed by atoms with E-state index in [4.69, 9.17) is 14.2 Å². The maximum Gasteiger partial charge on any atom is 0.131 e. The molecule has 0 aromatic heterocycles. The van der Waals surface area contributed by atoms with Gasteiger partial charge in [-0.25, -0.2) is 8.78 Å². The van der Waals surface area contributed by atoms with Gasteiger partial charge in [0.05, 0.1) is 32.5 Å². The highest BCUT2D eigenvalue weighted by atomic mass is 35.5. The number of nitrogens with one attached hydrogen (secondary N) is 1. The Kier molecular flexibility index (Phi) is 10.9. The van der Waals surface area contributed by atoms with Crippen molar-refractivity contribution in [3.05, 3.63) is 101 Å². The normalized spacial score (nSPS) is 17.5. The van der Waals surface area contributed by atoms with Gasteiger partial charge < -0.3 is 19.5 Å². The predicted molar refractivity (Wildman–Crippen MR) is 135 cm³/mol. The van der Waals surface area contributed by atoms with Crippen molar-refractivity contribution in [1.82, 2.24) is 5.32 Å². The number of benzene rings is 3. The Bertz CT molecular complexity index is 1020. The standard InChI is InChI=1S/C28H31F2NO3.ClH/c29-24-10-7-23(27(30)17-24)20-34-28-18-31-14-13-26(28)22-8-11-25(12-9-22)33-16-4-15-32-19-21-5-2-1-3-6-21;/h1-3,5-12,17,26,28,31H,4,13-16,18-20H2;1H. The van der Waals surface area contributed by atoms with Crippen molar-refractivity contribution in [2.24, 2.45) is 0 Å². The van der Waals surface area contributed by atoms with Gasteiger partial charge in [-0.2, -0.15) is 0 Å². The second-order valence-corrected chi connectivity index (χ2v) is 8.49. The lowest BCUT2D eigenvalue weighted by Crippen LogP contribution is -2.41. The molecule has 35 heavy (non-hydrogen) atoms. The van der Waals surface area contributed by atoms with Crippen molar-refractivity contribution in [2.45, 2.75) is 38.1 Å². The first-order chi connectivity index (χ1) is 16.7. The molecular formula is C28H32ClF2NO3. The lowest BCUT2D eigenvalue weighted by Gasteiger charge is -2.32. The quantitative estimate of drug-likeness (QED) is 0.324. The summed E-state index contributed by atoms with van der Waals surface area (Å²) in [6.07, 6.45) is 1.65. The molecular weight excluding hydrogens is 472 g/mol. The summed E-state index contributed by atoms with van der Waals surface area (Å²) in [6, 6.07) is 21.8. The molecule has 2 unspecified atom stereocenters. The molecule has 0 bridgehead atoms. The fourth-order valence-electron chi connectivity index (χ4n) is 4.15. The summed E-state index contributed by atoms with van der Waals surface area (Å²) in [6.45, 7) is 3.56. The van der Waals surface area contributed by atoms with E-state index < -0.39 is 11.6 Å². The van der Waals surface area contributed by atoms with E-state index in [1.54, 1.807) is 0 Å². The lowest BCUT2D eigenvalue weighted by atomic mass is 9.87. The van der Waals surface area contributed by atoms with Crippen LogP contribution in [0.3, 0.4) is 0 Å². The van der Waals surface area contributed by atoms with Crippen LogP contribution in [0.2, 0.25) is 0 Å².